The van der Waals surface area contributed by atoms with Crippen LogP contribution in [0.25, 0.3) is 11.1 Å². The van der Waals surface area contributed by atoms with Crippen LogP contribution in [0.4, 0.5) is 4.79 Å². The third kappa shape index (κ3) is 4.61. The summed E-state index contributed by atoms with van der Waals surface area (Å²) in [7, 11) is 1.55. The molecule has 0 bridgehead atoms. The second-order valence-corrected chi connectivity index (χ2v) is 9.09. The number of rotatable bonds is 7. The van der Waals surface area contributed by atoms with Crippen molar-refractivity contribution < 1.29 is 19.6 Å². The zero-order chi connectivity index (χ0) is 23.5. The number of likely N-dealkylation sites (N-methyl/N-ethyl adjacent to an activating group) is 1. The number of amides is 4. The molecule has 1 aliphatic rings. The molecule has 1 saturated heterocycles. The maximum absolute atomic E-state index is 12.9. The maximum Gasteiger partial charge on any atom is 0.327 e. The van der Waals surface area contributed by atoms with Gasteiger partial charge < -0.3 is 4.90 Å². The lowest BCUT2D eigenvalue weighted by atomic mass is 10.0. The average molecular weight is 453 g/mol. The lowest BCUT2D eigenvalue weighted by Gasteiger charge is -2.25. The van der Waals surface area contributed by atoms with Crippen molar-refractivity contribution in [2.24, 2.45) is 0 Å². The van der Waals surface area contributed by atoms with Gasteiger partial charge in [-0.15, -0.1) is 11.8 Å². The fraction of sp³-hybridized carbons (Fsp3) is 0.304. The number of imide groups is 1. The smallest absolute Gasteiger partial charge is 0.313 e. The second kappa shape index (κ2) is 9.42. The molecule has 0 radical (unpaired) electrons. The largest absolute Gasteiger partial charge is 0.327 e. The minimum absolute atomic E-state index is 0.200. The van der Waals surface area contributed by atoms with Crippen molar-refractivity contribution in [2.45, 2.75) is 36.7 Å². The van der Waals surface area contributed by atoms with E-state index >= 15 is 0 Å². The van der Waals surface area contributed by atoms with E-state index in [1.54, 1.807) is 38.5 Å². The van der Waals surface area contributed by atoms with Crippen LogP contribution < -0.4 is 5.48 Å². The van der Waals surface area contributed by atoms with Crippen molar-refractivity contribution >= 4 is 29.6 Å². The molecule has 0 aliphatic carbocycles. The fourth-order valence-electron chi connectivity index (χ4n) is 3.41. The van der Waals surface area contributed by atoms with Crippen molar-refractivity contribution in [1.29, 1.82) is 5.26 Å². The number of carbonyl (C=O) groups is 3. The third-order valence-corrected chi connectivity index (χ3v) is 6.79. The summed E-state index contributed by atoms with van der Waals surface area (Å²) in [4.78, 5) is 40.8. The molecule has 1 unspecified atom stereocenters. The van der Waals surface area contributed by atoms with Crippen LogP contribution in [0.15, 0.2) is 53.4 Å². The lowest BCUT2D eigenvalue weighted by Crippen LogP contribution is -2.46. The monoisotopic (exact) mass is 452 g/mol. The molecule has 1 fully saturated rings. The van der Waals surface area contributed by atoms with Crippen LogP contribution in [0.1, 0.15) is 25.8 Å². The molecule has 32 heavy (non-hydrogen) atoms. The maximum atomic E-state index is 12.9. The number of carbonyl (C=O) groups excluding carboxylic acids is 3. The van der Waals surface area contributed by atoms with Crippen molar-refractivity contribution in [2.75, 3.05) is 12.8 Å². The van der Waals surface area contributed by atoms with Gasteiger partial charge in [0.1, 0.15) is 5.54 Å². The van der Waals surface area contributed by atoms with E-state index in [2.05, 4.69) is 6.07 Å². The van der Waals surface area contributed by atoms with Gasteiger partial charge in [-0.25, -0.2) is 10.3 Å². The van der Waals surface area contributed by atoms with Crippen LogP contribution in [0.2, 0.25) is 0 Å². The van der Waals surface area contributed by atoms with E-state index in [1.165, 1.54) is 16.7 Å². The summed E-state index contributed by atoms with van der Waals surface area (Å²) in [5.41, 5.74) is 3.15. The molecule has 166 valence electrons. The molecule has 1 aliphatic heterocycles. The molecule has 8 nitrogen and oxygen atoms in total. The topological polar surface area (TPSA) is 114 Å². The molecule has 9 heteroatoms. The minimum Gasteiger partial charge on any atom is -0.313 e. The number of thioether (sulfide) groups is 1. The van der Waals surface area contributed by atoms with Gasteiger partial charge in [-0.05, 0) is 49.2 Å². The van der Waals surface area contributed by atoms with E-state index < -0.39 is 23.5 Å². The van der Waals surface area contributed by atoms with E-state index in [-0.39, 0.29) is 12.3 Å². The number of hydrogen-bond donors (Lipinski definition) is 2. The molecule has 4 amide bonds. The fourth-order valence-corrected chi connectivity index (χ4v) is 4.39. The highest BCUT2D eigenvalue weighted by Gasteiger charge is 2.51. The van der Waals surface area contributed by atoms with E-state index in [0.29, 0.717) is 11.3 Å². The molecule has 2 aromatic rings. The quantitative estimate of drug-likeness (QED) is 0.289. The molecule has 1 heterocycles. The van der Waals surface area contributed by atoms with Gasteiger partial charge in [-0.2, -0.15) is 5.26 Å². The van der Waals surface area contributed by atoms with Gasteiger partial charge in [0.2, 0.25) is 5.91 Å². The average Bonchev–Trinajstić information content (AvgIpc) is 2.96. The molecule has 2 aromatic carbocycles. The van der Waals surface area contributed by atoms with Crippen molar-refractivity contribution in [3.8, 4) is 17.2 Å². The number of urea groups is 1. The van der Waals surface area contributed by atoms with Crippen LogP contribution in [-0.4, -0.2) is 57.2 Å². The molecule has 0 saturated carbocycles. The molecule has 0 spiro atoms. The molecular weight excluding hydrogens is 428 g/mol. The summed E-state index contributed by atoms with van der Waals surface area (Å²) < 4.78 is 0. The minimum atomic E-state index is -1.00. The summed E-state index contributed by atoms with van der Waals surface area (Å²) in [5.74, 6) is -0.748. The first-order valence-electron chi connectivity index (χ1n) is 9.97. The third-order valence-electron chi connectivity index (χ3n) is 5.63. The number of benzene rings is 2. The Bertz CT molecular complexity index is 1060. The van der Waals surface area contributed by atoms with E-state index in [1.807, 2.05) is 36.4 Å². The second-order valence-electron chi connectivity index (χ2n) is 7.99. The standard InChI is InChI=1S/C23H24N4O4S/c1-23(2)21(29)27(22(30)26(23)3)18(12-20(28)25-31)14-32-19-10-8-17(9-11-19)16-6-4-15(13-24)5-7-16/h4-11,18,31H,12,14H2,1-3H3,(H,25,28). The molecular formula is C23H24N4O4S. The highest BCUT2D eigenvalue weighted by Crippen LogP contribution is 2.31. The van der Waals surface area contributed by atoms with Gasteiger partial charge in [-0.1, -0.05) is 24.3 Å². The van der Waals surface area contributed by atoms with Crippen LogP contribution in [-0.2, 0) is 9.59 Å². The predicted octanol–water partition coefficient (Wildman–Crippen LogP) is 3.25. The number of nitrogens with zero attached hydrogens (tertiary/aromatic N) is 3. The van der Waals surface area contributed by atoms with Crippen molar-refractivity contribution in [3.63, 3.8) is 0 Å². The zero-order valence-electron chi connectivity index (χ0n) is 18.0. The zero-order valence-corrected chi connectivity index (χ0v) is 18.8. The van der Waals surface area contributed by atoms with Crippen molar-refractivity contribution in [3.05, 3.63) is 54.1 Å². The summed E-state index contributed by atoms with van der Waals surface area (Å²) >= 11 is 1.41. The van der Waals surface area contributed by atoms with Crippen molar-refractivity contribution in [1.82, 2.24) is 15.3 Å². The summed E-state index contributed by atoms with van der Waals surface area (Å²) in [5, 5.41) is 17.9. The Balaban J connectivity index is 1.75. The van der Waals surface area contributed by atoms with E-state index in [4.69, 9.17) is 10.5 Å². The van der Waals surface area contributed by atoms with Crippen LogP contribution in [0.3, 0.4) is 0 Å². The molecule has 0 aromatic heterocycles. The summed E-state index contributed by atoms with van der Waals surface area (Å²) in [6, 6.07) is 15.9. The predicted molar refractivity (Wildman–Crippen MR) is 120 cm³/mol. The molecule has 3 rings (SSSR count). The lowest BCUT2D eigenvalue weighted by molar-refractivity contribution is -0.134. The Labute approximate surface area is 190 Å². The first-order chi connectivity index (χ1) is 15.2. The van der Waals surface area contributed by atoms with Crippen LogP contribution >= 0.6 is 11.8 Å². The Kier molecular flexibility index (Phi) is 6.87. The van der Waals surface area contributed by atoms with Crippen LogP contribution in [0.5, 0.6) is 0 Å². The molecule has 1 atom stereocenters. The Morgan fingerprint density at radius 1 is 1.12 bits per heavy atom. The normalized spacial score (nSPS) is 16.1. The van der Waals surface area contributed by atoms with Crippen LogP contribution in [0, 0.1) is 11.3 Å². The summed E-state index contributed by atoms with van der Waals surface area (Å²) in [6.07, 6.45) is -0.200. The van der Waals surface area contributed by atoms with Gasteiger partial charge in [0.05, 0.1) is 24.1 Å². The van der Waals surface area contributed by atoms with Gasteiger partial charge in [0.25, 0.3) is 5.91 Å². The number of nitriles is 1. The van der Waals surface area contributed by atoms with E-state index in [9.17, 15) is 14.4 Å². The highest BCUT2D eigenvalue weighted by atomic mass is 32.2. The Morgan fingerprint density at radius 2 is 1.69 bits per heavy atom. The number of hydroxylamine groups is 1. The first-order valence-corrected chi connectivity index (χ1v) is 11.0. The SMILES string of the molecule is CN1C(=O)N(C(CSc2ccc(-c3ccc(C#N)cc3)cc2)CC(=O)NO)C(=O)C1(C)C. The highest BCUT2D eigenvalue weighted by molar-refractivity contribution is 7.99. The molecule has 2 N–H and O–H groups in total. The summed E-state index contributed by atoms with van der Waals surface area (Å²) in [6.45, 7) is 3.32. The Hall–Kier alpha value is -3.35. The van der Waals surface area contributed by atoms with E-state index in [0.717, 1.165) is 20.9 Å². The van der Waals surface area contributed by atoms with Gasteiger partial charge in [0.15, 0.2) is 0 Å². The first kappa shape index (κ1) is 23.3. The number of nitrogens with one attached hydrogen (secondary N) is 1. The number of hydrogen-bond acceptors (Lipinski definition) is 6. The van der Waals surface area contributed by atoms with Gasteiger partial charge in [0, 0.05) is 17.7 Å². The van der Waals surface area contributed by atoms with Gasteiger partial charge in [-0.3, -0.25) is 19.7 Å². The van der Waals surface area contributed by atoms with Gasteiger partial charge >= 0.3 is 6.03 Å². The Morgan fingerprint density at radius 3 is 2.16 bits per heavy atom.